The molecule has 0 aliphatic rings. The second-order valence-electron chi connectivity index (χ2n) is 5.54. The zero-order chi connectivity index (χ0) is 17.1. The Morgan fingerprint density at radius 1 is 0.833 bits per heavy atom. The molecule has 0 bridgehead atoms. The number of anilines is 2. The maximum atomic E-state index is 12.2. The Labute approximate surface area is 139 Å². The van der Waals surface area contributed by atoms with Crippen molar-refractivity contribution < 1.29 is 9.59 Å². The maximum absolute atomic E-state index is 12.2. The number of hydrogen-bond acceptors (Lipinski definition) is 3. The minimum Gasteiger partial charge on any atom is -0.318 e. The number of pyridine rings is 1. The van der Waals surface area contributed by atoms with E-state index in [4.69, 9.17) is 0 Å². The van der Waals surface area contributed by atoms with Gasteiger partial charge < -0.3 is 10.6 Å². The highest BCUT2D eigenvalue weighted by molar-refractivity contribution is 6.44. The van der Waals surface area contributed by atoms with Gasteiger partial charge in [-0.05, 0) is 43.2 Å². The highest BCUT2D eigenvalue weighted by atomic mass is 16.2. The molecule has 0 saturated carbocycles. The van der Waals surface area contributed by atoms with Gasteiger partial charge in [-0.3, -0.25) is 14.6 Å². The van der Waals surface area contributed by atoms with E-state index in [1.54, 1.807) is 18.3 Å². The highest BCUT2D eigenvalue weighted by Gasteiger charge is 2.16. The fourth-order valence-electron chi connectivity index (χ4n) is 2.45. The van der Waals surface area contributed by atoms with Gasteiger partial charge in [0.25, 0.3) is 0 Å². The minimum atomic E-state index is -0.728. The zero-order valence-corrected chi connectivity index (χ0v) is 13.5. The summed E-state index contributed by atoms with van der Waals surface area (Å²) in [5.41, 5.74) is 3.77. The number of nitrogens with one attached hydrogen (secondary N) is 2. The molecule has 0 saturated heterocycles. The number of fused-ring (bicyclic) bond motifs is 1. The van der Waals surface area contributed by atoms with Gasteiger partial charge in [-0.1, -0.05) is 30.3 Å². The van der Waals surface area contributed by atoms with E-state index in [1.807, 2.05) is 50.2 Å². The summed E-state index contributed by atoms with van der Waals surface area (Å²) in [5.74, 6) is -1.44. The van der Waals surface area contributed by atoms with Gasteiger partial charge in [-0.25, -0.2) is 0 Å². The molecule has 0 spiro atoms. The van der Waals surface area contributed by atoms with Gasteiger partial charge in [-0.2, -0.15) is 0 Å². The molecule has 0 atom stereocenters. The smallest absolute Gasteiger partial charge is 0.314 e. The Morgan fingerprint density at radius 2 is 1.46 bits per heavy atom. The number of hydrogen-bond donors (Lipinski definition) is 2. The SMILES string of the molecule is Cc1cccc(NC(=O)C(=O)Nc2cccc3cccnc23)c1C. The molecule has 5 heteroatoms. The molecule has 0 aliphatic carbocycles. The molecule has 0 unspecified atom stereocenters. The van der Waals surface area contributed by atoms with E-state index in [9.17, 15) is 9.59 Å². The summed E-state index contributed by atoms with van der Waals surface area (Å²) in [5, 5.41) is 6.17. The van der Waals surface area contributed by atoms with Crippen molar-refractivity contribution in [1.82, 2.24) is 4.98 Å². The third-order valence-corrected chi connectivity index (χ3v) is 3.94. The summed E-state index contributed by atoms with van der Waals surface area (Å²) in [6.45, 7) is 3.85. The van der Waals surface area contributed by atoms with E-state index in [-0.39, 0.29) is 0 Å². The standard InChI is InChI=1S/C19H17N3O2/c1-12-6-3-9-15(13(12)2)21-18(23)19(24)22-16-10-4-7-14-8-5-11-20-17(14)16/h3-11H,1-2H3,(H,21,23)(H,22,24). The maximum Gasteiger partial charge on any atom is 0.314 e. The second kappa shape index (κ2) is 6.50. The molecule has 3 rings (SSSR count). The highest BCUT2D eigenvalue weighted by Crippen LogP contribution is 2.21. The molecule has 1 aromatic heterocycles. The molecule has 0 aliphatic heterocycles. The Bertz CT molecular complexity index is 930. The van der Waals surface area contributed by atoms with E-state index in [2.05, 4.69) is 15.6 Å². The summed E-state index contributed by atoms with van der Waals surface area (Å²) < 4.78 is 0. The number of aryl methyl sites for hydroxylation is 1. The lowest BCUT2D eigenvalue weighted by Crippen LogP contribution is -2.29. The van der Waals surface area contributed by atoms with Crippen molar-refractivity contribution in [3.63, 3.8) is 0 Å². The lowest BCUT2D eigenvalue weighted by atomic mass is 10.1. The van der Waals surface area contributed by atoms with E-state index >= 15 is 0 Å². The molecule has 2 N–H and O–H groups in total. The number of carbonyl (C=O) groups is 2. The van der Waals surface area contributed by atoms with Crippen LogP contribution in [0.4, 0.5) is 11.4 Å². The predicted octanol–water partition coefficient (Wildman–Crippen LogP) is 3.43. The first kappa shape index (κ1) is 15.7. The number of para-hydroxylation sites is 1. The lowest BCUT2D eigenvalue weighted by Gasteiger charge is -2.11. The van der Waals surface area contributed by atoms with Crippen LogP contribution in [0.2, 0.25) is 0 Å². The van der Waals surface area contributed by atoms with Gasteiger partial charge in [0, 0.05) is 17.3 Å². The van der Waals surface area contributed by atoms with Crippen LogP contribution in [-0.2, 0) is 9.59 Å². The van der Waals surface area contributed by atoms with Gasteiger partial charge in [0.2, 0.25) is 0 Å². The molecule has 5 nitrogen and oxygen atoms in total. The largest absolute Gasteiger partial charge is 0.318 e. The molecule has 0 radical (unpaired) electrons. The van der Waals surface area contributed by atoms with Crippen molar-refractivity contribution >= 4 is 34.1 Å². The van der Waals surface area contributed by atoms with Gasteiger partial charge in [0.15, 0.2) is 0 Å². The molecule has 1 heterocycles. The summed E-state index contributed by atoms with van der Waals surface area (Å²) in [6, 6.07) is 14.7. The van der Waals surface area contributed by atoms with Crippen LogP contribution in [0.5, 0.6) is 0 Å². The zero-order valence-electron chi connectivity index (χ0n) is 13.5. The summed E-state index contributed by atoms with van der Waals surface area (Å²) in [7, 11) is 0. The normalized spacial score (nSPS) is 10.4. The van der Waals surface area contributed by atoms with Gasteiger partial charge in [0.1, 0.15) is 0 Å². The first-order valence-corrected chi connectivity index (χ1v) is 7.58. The van der Waals surface area contributed by atoms with E-state index in [0.29, 0.717) is 16.9 Å². The van der Waals surface area contributed by atoms with Crippen LogP contribution < -0.4 is 10.6 Å². The van der Waals surface area contributed by atoms with Crippen molar-refractivity contribution in [1.29, 1.82) is 0 Å². The molecular formula is C19H17N3O2. The first-order chi connectivity index (χ1) is 11.6. The lowest BCUT2D eigenvalue weighted by molar-refractivity contribution is -0.132. The fraction of sp³-hybridized carbons (Fsp3) is 0.105. The number of benzene rings is 2. The Hall–Kier alpha value is -3.21. The van der Waals surface area contributed by atoms with Crippen molar-refractivity contribution in [3.05, 3.63) is 65.9 Å². The first-order valence-electron chi connectivity index (χ1n) is 7.58. The van der Waals surface area contributed by atoms with Crippen LogP contribution in [0.15, 0.2) is 54.7 Å². The van der Waals surface area contributed by atoms with Crippen LogP contribution >= 0.6 is 0 Å². The second-order valence-corrected chi connectivity index (χ2v) is 5.54. The summed E-state index contributed by atoms with van der Waals surface area (Å²) >= 11 is 0. The quantitative estimate of drug-likeness (QED) is 0.711. The van der Waals surface area contributed by atoms with Crippen molar-refractivity contribution in [2.75, 3.05) is 10.6 Å². The third-order valence-electron chi connectivity index (χ3n) is 3.94. The van der Waals surface area contributed by atoms with E-state index in [1.165, 1.54) is 0 Å². The van der Waals surface area contributed by atoms with Crippen LogP contribution in [0, 0.1) is 13.8 Å². The van der Waals surface area contributed by atoms with Crippen molar-refractivity contribution in [3.8, 4) is 0 Å². The van der Waals surface area contributed by atoms with E-state index in [0.717, 1.165) is 16.5 Å². The average Bonchev–Trinajstić information content (AvgIpc) is 2.59. The Balaban J connectivity index is 1.79. The average molecular weight is 319 g/mol. The number of rotatable bonds is 2. The fourth-order valence-corrected chi connectivity index (χ4v) is 2.45. The topological polar surface area (TPSA) is 71.1 Å². The van der Waals surface area contributed by atoms with Gasteiger partial charge in [-0.15, -0.1) is 0 Å². The van der Waals surface area contributed by atoms with Crippen LogP contribution in [0.3, 0.4) is 0 Å². The van der Waals surface area contributed by atoms with Gasteiger partial charge >= 0.3 is 11.8 Å². The van der Waals surface area contributed by atoms with E-state index < -0.39 is 11.8 Å². The monoisotopic (exact) mass is 319 g/mol. The predicted molar refractivity (Wildman–Crippen MR) is 94.9 cm³/mol. The number of carbonyl (C=O) groups excluding carboxylic acids is 2. The molecule has 2 amide bonds. The Morgan fingerprint density at radius 3 is 2.25 bits per heavy atom. The molecule has 0 fully saturated rings. The third kappa shape index (κ3) is 3.10. The van der Waals surface area contributed by atoms with Crippen molar-refractivity contribution in [2.45, 2.75) is 13.8 Å². The van der Waals surface area contributed by atoms with Crippen LogP contribution in [0.25, 0.3) is 10.9 Å². The molecule has 24 heavy (non-hydrogen) atoms. The molecule has 120 valence electrons. The molecular weight excluding hydrogens is 302 g/mol. The van der Waals surface area contributed by atoms with Crippen molar-refractivity contribution in [2.24, 2.45) is 0 Å². The molecule has 3 aromatic rings. The summed E-state index contributed by atoms with van der Waals surface area (Å²) in [6.07, 6.45) is 1.65. The summed E-state index contributed by atoms with van der Waals surface area (Å²) in [4.78, 5) is 28.6. The van der Waals surface area contributed by atoms with Crippen LogP contribution in [0.1, 0.15) is 11.1 Å². The number of aromatic nitrogens is 1. The van der Waals surface area contributed by atoms with Crippen LogP contribution in [-0.4, -0.2) is 16.8 Å². The van der Waals surface area contributed by atoms with Gasteiger partial charge in [0.05, 0.1) is 11.2 Å². The number of amides is 2. The number of nitrogens with zero attached hydrogens (tertiary/aromatic N) is 1. The minimum absolute atomic E-state index is 0.509. The Kier molecular flexibility index (Phi) is 4.24. The molecule has 2 aromatic carbocycles.